The van der Waals surface area contributed by atoms with E-state index in [1.807, 2.05) is 18.2 Å². The van der Waals surface area contributed by atoms with Crippen molar-refractivity contribution in [3.8, 4) is 5.75 Å². The van der Waals surface area contributed by atoms with Gasteiger partial charge in [-0.3, -0.25) is 9.69 Å². The Bertz CT molecular complexity index is 673. The SMILES string of the molecule is C[C@H](OC(=O)COc1ccc2c(c1)CCC2)C(=O)N1CCNC1=O. The molecule has 0 aromatic heterocycles. The van der Waals surface area contributed by atoms with Crippen LogP contribution in [0.2, 0.25) is 0 Å². The molecule has 128 valence electrons. The van der Waals surface area contributed by atoms with Gasteiger partial charge in [0.1, 0.15) is 5.75 Å². The molecule has 1 saturated heterocycles. The third-order valence-electron chi connectivity index (χ3n) is 4.21. The minimum atomic E-state index is -1.02. The summed E-state index contributed by atoms with van der Waals surface area (Å²) in [6, 6.07) is 5.33. The van der Waals surface area contributed by atoms with Gasteiger partial charge in [-0.05, 0) is 49.4 Å². The number of hydrogen-bond acceptors (Lipinski definition) is 5. The molecule has 0 spiro atoms. The topological polar surface area (TPSA) is 84.9 Å². The van der Waals surface area contributed by atoms with Crippen LogP contribution in [0.5, 0.6) is 5.75 Å². The monoisotopic (exact) mass is 332 g/mol. The predicted molar refractivity (Wildman–Crippen MR) is 84.6 cm³/mol. The highest BCUT2D eigenvalue weighted by atomic mass is 16.6. The molecular formula is C17H20N2O5. The molecule has 7 nitrogen and oxygen atoms in total. The van der Waals surface area contributed by atoms with Gasteiger partial charge in [-0.25, -0.2) is 9.59 Å². The van der Waals surface area contributed by atoms with E-state index in [1.165, 1.54) is 18.1 Å². The molecule has 24 heavy (non-hydrogen) atoms. The van der Waals surface area contributed by atoms with E-state index in [0.717, 1.165) is 24.2 Å². The van der Waals surface area contributed by atoms with Crippen molar-refractivity contribution < 1.29 is 23.9 Å². The van der Waals surface area contributed by atoms with Crippen molar-refractivity contribution >= 4 is 17.9 Å². The van der Waals surface area contributed by atoms with Crippen LogP contribution in [0, 0.1) is 0 Å². The molecule has 1 aliphatic heterocycles. The number of benzene rings is 1. The molecule has 0 unspecified atom stereocenters. The van der Waals surface area contributed by atoms with Crippen LogP contribution in [0.15, 0.2) is 18.2 Å². The molecule has 7 heteroatoms. The summed E-state index contributed by atoms with van der Waals surface area (Å²) in [7, 11) is 0. The maximum Gasteiger partial charge on any atom is 0.344 e. The van der Waals surface area contributed by atoms with Crippen molar-refractivity contribution in [2.45, 2.75) is 32.3 Å². The van der Waals surface area contributed by atoms with E-state index in [-0.39, 0.29) is 13.2 Å². The predicted octanol–water partition coefficient (Wildman–Crippen LogP) is 1.04. The van der Waals surface area contributed by atoms with E-state index in [0.29, 0.717) is 12.3 Å². The summed E-state index contributed by atoms with van der Waals surface area (Å²) in [5.74, 6) is -0.558. The molecule has 1 N–H and O–H groups in total. The second kappa shape index (κ2) is 6.90. The Balaban J connectivity index is 1.48. The Hall–Kier alpha value is -2.57. The summed E-state index contributed by atoms with van der Waals surface area (Å²) in [6.07, 6.45) is 2.23. The smallest absolute Gasteiger partial charge is 0.344 e. The van der Waals surface area contributed by atoms with Crippen LogP contribution < -0.4 is 10.1 Å². The van der Waals surface area contributed by atoms with E-state index in [1.54, 1.807) is 0 Å². The number of esters is 1. The van der Waals surface area contributed by atoms with E-state index >= 15 is 0 Å². The fourth-order valence-electron chi connectivity index (χ4n) is 2.96. The highest BCUT2D eigenvalue weighted by Gasteiger charge is 2.31. The first kappa shape index (κ1) is 16.3. The van der Waals surface area contributed by atoms with Crippen LogP contribution in [0.4, 0.5) is 4.79 Å². The van der Waals surface area contributed by atoms with Crippen molar-refractivity contribution in [1.29, 1.82) is 0 Å². The lowest BCUT2D eigenvalue weighted by Crippen LogP contribution is -2.42. The third kappa shape index (κ3) is 3.50. The van der Waals surface area contributed by atoms with Gasteiger partial charge in [0.2, 0.25) is 0 Å². The summed E-state index contributed by atoms with van der Waals surface area (Å²) >= 11 is 0. The molecule has 2 aliphatic rings. The van der Waals surface area contributed by atoms with Crippen molar-refractivity contribution in [3.63, 3.8) is 0 Å². The Morgan fingerprint density at radius 3 is 2.83 bits per heavy atom. The standard InChI is InChI=1S/C17H20N2O5/c1-11(16(21)19-8-7-18-17(19)22)24-15(20)10-23-14-6-5-12-3-2-4-13(12)9-14/h5-6,9,11H,2-4,7-8,10H2,1H3,(H,18,22)/t11-/m0/s1. The highest BCUT2D eigenvalue weighted by Crippen LogP contribution is 2.25. The van der Waals surface area contributed by atoms with Gasteiger partial charge in [-0.1, -0.05) is 6.07 Å². The van der Waals surface area contributed by atoms with Gasteiger partial charge >= 0.3 is 12.0 Å². The first-order chi connectivity index (χ1) is 11.5. The van der Waals surface area contributed by atoms with Gasteiger partial charge in [0, 0.05) is 13.1 Å². The summed E-state index contributed by atoms with van der Waals surface area (Å²) in [6.45, 7) is 1.86. The number of imide groups is 1. The molecule has 0 saturated carbocycles. The number of urea groups is 1. The van der Waals surface area contributed by atoms with Crippen LogP contribution in [-0.2, 0) is 27.2 Å². The summed E-state index contributed by atoms with van der Waals surface area (Å²) in [4.78, 5) is 36.4. The maximum atomic E-state index is 12.0. The number of amides is 3. The number of ether oxygens (including phenoxy) is 2. The minimum Gasteiger partial charge on any atom is -0.482 e. The van der Waals surface area contributed by atoms with Crippen molar-refractivity contribution in [2.75, 3.05) is 19.7 Å². The normalized spacial score (nSPS) is 17.2. The number of nitrogens with one attached hydrogen (secondary N) is 1. The van der Waals surface area contributed by atoms with Crippen LogP contribution in [0.3, 0.4) is 0 Å². The molecule has 0 bridgehead atoms. The lowest BCUT2D eigenvalue weighted by atomic mass is 10.1. The molecule has 1 aliphatic carbocycles. The van der Waals surface area contributed by atoms with Gasteiger partial charge in [0.25, 0.3) is 5.91 Å². The molecule has 1 atom stereocenters. The van der Waals surface area contributed by atoms with Crippen molar-refractivity contribution in [1.82, 2.24) is 10.2 Å². The lowest BCUT2D eigenvalue weighted by molar-refractivity contribution is -0.159. The van der Waals surface area contributed by atoms with Gasteiger partial charge in [-0.15, -0.1) is 0 Å². The number of carbonyl (C=O) groups is 3. The van der Waals surface area contributed by atoms with Crippen LogP contribution in [-0.4, -0.2) is 48.6 Å². The molecular weight excluding hydrogens is 312 g/mol. The second-order valence-electron chi connectivity index (χ2n) is 5.93. The largest absolute Gasteiger partial charge is 0.482 e. The average Bonchev–Trinajstić information content (AvgIpc) is 3.20. The average molecular weight is 332 g/mol. The fourth-order valence-corrected chi connectivity index (χ4v) is 2.96. The Morgan fingerprint density at radius 1 is 1.29 bits per heavy atom. The number of nitrogens with zero attached hydrogens (tertiary/aromatic N) is 1. The van der Waals surface area contributed by atoms with E-state index in [2.05, 4.69) is 5.32 Å². The van der Waals surface area contributed by atoms with Crippen LogP contribution in [0.25, 0.3) is 0 Å². The number of hydrogen-bond donors (Lipinski definition) is 1. The van der Waals surface area contributed by atoms with E-state index < -0.39 is 24.0 Å². The maximum absolute atomic E-state index is 12.0. The minimum absolute atomic E-state index is 0.275. The van der Waals surface area contributed by atoms with Gasteiger partial charge < -0.3 is 14.8 Å². The number of aryl methyl sites for hydroxylation is 2. The molecule has 3 rings (SSSR count). The molecule has 1 fully saturated rings. The van der Waals surface area contributed by atoms with E-state index in [9.17, 15) is 14.4 Å². The van der Waals surface area contributed by atoms with Crippen LogP contribution in [0.1, 0.15) is 24.5 Å². The van der Waals surface area contributed by atoms with Crippen molar-refractivity contribution in [3.05, 3.63) is 29.3 Å². The van der Waals surface area contributed by atoms with Gasteiger partial charge in [-0.2, -0.15) is 0 Å². The highest BCUT2D eigenvalue weighted by molar-refractivity contribution is 5.98. The Kier molecular flexibility index (Phi) is 4.69. The zero-order chi connectivity index (χ0) is 17.1. The number of rotatable bonds is 5. The van der Waals surface area contributed by atoms with Crippen molar-refractivity contribution in [2.24, 2.45) is 0 Å². The van der Waals surface area contributed by atoms with Gasteiger partial charge in [0.15, 0.2) is 12.7 Å². The zero-order valence-electron chi connectivity index (χ0n) is 13.5. The Morgan fingerprint density at radius 2 is 2.08 bits per heavy atom. The first-order valence-corrected chi connectivity index (χ1v) is 8.08. The Labute approximate surface area is 139 Å². The lowest BCUT2D eigenvalue weighted by Gasteiger charge is -2.18. The number of carbonyl (C=O) groups excluding carboxylic acids is 3. The quantitative estimate of drug-likeness (QED) is 0.814. The molecule has 0 radical (unpaired) electrons. The molecule has 1 heterocycles. The molecule has 3 amide bonds. The zero-order valence-corrected chi connectivity index (χ0v) is 13.5. The number of fused-ring (bicyclic) bond motifs is 1. The van der Waals surface area contributed by atoms with Gasteiger partial charge in [0.05, 0.1) is 0 Å². The third-order valence-corrected chi connectivity index (χ3v) is 4.21. The summed E-state index contributed by atoms with van der Waals surface area (Å²) in [5, 5.41) is 2.53. The molecule has 1 aromatic carbocycles. The van der Waals surface area contributed by atoms with Crippen LogP contribution >= 0.6 is 0 Å². The summed E-state index contributed by atoms with van der Waals surface area (Å²) in [5.41, 5.74) is 2.58. The van der Waals surface area contributed by atoms with E-state index in [4.69, 9.17) is 9.47 Å². The summed E-state index contributed by atoms with van der Waals surface area (Å²) < 4.78 is 10.5. The first-order valence-electron chi connectivity index (χ1n) is 8.08. The second-order valence-corrected chi connectivity index (χ2v) is 5.93. The molecule has 1 aromatic rings. The fraction of sp³-hybridized carbons (Fsp3) is 0.471.